The average molecular weight is 623 g/mol. The van der Waals surface area contributed by atoms with E-state index in [4.69, 9.17) is 14.8 Å². The summed E-state index contributed by atoms with van der Waals surface area (Å²) >= 11 is 3.27. The number of esters is 2. The van der Waals surface area contributed by atoms with Gasteiger partial charge < -0.3 is 19.5 Å². The number of hydrogen-bond acceptors (Lipinski definition) is 8. The van der Waals surface area contributed by atoms with Crippen LogP contribution in [-0.4, -0.2) is 53.3 Å². The van der Waals surface area contributed by atoms with Gasteiger partial charge in [0.2, 0.25) is 0 Å². The van der Waals surface area contributed by atoms with Crippen molar-refractivity contribution in [2.75, 3.05) is 14.2 Å². The molecule has 10 heteroatoms. The zero-order valence-corrected chi connectivity index (χ0v) is 24.9. The Kier molecular flexibility index (Phi) is 14.6. The van der Waals surface area contributed by atoms with E-state index in [-0.39, 0.29) is 19.4 Å². The van der Waals surface area contributed by atoms with Gasteiger partial charge in [0, 0.05) is 28.1 Å². The lowest BCUT2D eigenvalue weighted by molar-refractivity contribution is 0.0591. The summed E-state index contributed by atoms with van der Waals surface area (Å²) in [7, 11) is 1.37. The van der Waals surface area contributed by atoms with E-state index >= 15 is 0 Å². The molecule has 2 heterocycles. The molecule has 2 N–H and O–H groups in total. The van der Waals surface area contributed by atoms with Gasteiger partial charge in [0.05, 0.1) is 31.0 Å². The Bertz CT molecular complexity index is 1460. The van der Waals surface area contributed by atoms with Crippen LogP contribution in [0.2, 0.25) is 0 Å². The van der Waals surface area contributed by atoms with E-state index in [0.29, 0.717) is 16.6 Å². The minimum atomic E-state index is -1.35. The van der Waals surface area contributed by atoms with Gasteiger partial charge in [0.1, 0.15) is 0 Å². The highest BCUT2D eigenvalue weighted by Crippen LogP contribution is 2.26. The van der Waals surface area contributed by atoms with E-state index in [1.807, 2.05) is 70.2 Å². The molecule has 0 amide bonds. The number of aromatic nitrogens is 2. The lowest BCUT2D eigenvalue weighted by Gasteiger charge is -2.10. The number of methoxy groups -OCH3 is 2. The molecule has 4 aromatic rings. The van der Waals surface area contributed by atoms with Crippen LogP contribution in [0, 0.1) is 27.7 Å². The predicted molar refractivity (Wildman–Crippen MR) is 166 cm³/mol. The van der Waals surface area contributed by atoms with Crippen molar-refractivity contribution in [1.29, 1.82) is 0 Å². The van der Waals surface area contributed by atoms with Crippen LogP contribution in [-0.2, 0) is 9.47 Å². The fourth-order valence-corrected chi connectivity index (χ4v) is 3.87. The largest absolute Gasteiger partial charge is 0.488 e. The van der Waals surface area contributed by atoms with E-state index in [2.05, 4.69) is 30.6 Å². The van der Waals surface area contributed by atoms with Crippen LogP contribution < -0.4 is 5.46 Å². The van der Waals surface area contributed by atoms with Gasteiger partial charge in [-0.1, -0.05) is 61.5 Å². The number of ether oxygens (including phenoxy) is 2. The number of rotatable bonds is 4. The number of pyridine rings is 2. The molecule has 0 aliphatic carbocycles. The number of carbonyl (C=O) groups is 2. The third-order valence-corrected chi connectivity index (χ3v) is 6.66. The molecule has 0 aliphatic rings. The Morgan fingerprint density at radius 2 is 1.22 bits per heavy atom. The van der Waals surface area contributed by atoms with Gasteiger partial charge in [-0.15, -0.1) is 0 Å². The summed E-state index contributed by atoms with van der Waals surface area (Å²) < 4.78 is 10.1. The standard InChI is InChI=1S/C15H15NO2.C8H8BrNO2.C7H9BO2.CH4/c1-10-6-4-5-7-13(10)14-8-12(15(17)18-3)9-16-11(14)2;1-5-7(9)3-6(4-10-5)8(11)12-2;1-6-4-2-3-5-7(6)8(9)10;/h4-9H,1-3H3;3-4H,1-2H3;2-5,9-10H,1H3;1H4. The number of hydrogen-bond donors (Lipinski definition) is 2. The van der Waals surface area contributed by atoms with Gasteiger partial charge in [-0.05, 0) is 72.3 Å². The zero-order valence-electron chi connectivity index (χ0n) is 23.3. The van der Waals surface area contributed by atoms with Gasteiger partial charge >= 0.3 is 19.1 Å². The molecule has 0 fully saturated rings. The van der Waals surface area contributed by atoms with E-state index < -0.39 is 7.12 Å². The van der Waals surface area contributed by atoms with Crippen LogP contribution in [0.4, 0.5) is 0 Å². The average Bonchev–Trinajstić information content (AvgIpc) is 2.95. The molecule has 0 saturated heterocycles. The number of aryl methyl sites for hydroxylation is 4. The predicted octanol–water partition coefficient (Wildman–Crippen LogP) is 5.40. The first-order chi connectivity index (χ1) is 19.0. The topological polar surface area (TPSA) is 119 Å². The molecule has 8 nitrogen and oxygen atoms in total. The van der Waals surface area contributed by atoms with Crippen molar-refractivity contribution in [3.05, 3.63) is 111 Å². The second-order valence-corrected chi connectivity index (χ2v) is 9.53. The van der Waals surface area contributed by atoms with E-state index in [9.17, 15) is 9.59 Å². The maximum Gasteiger partial charge on any atom is 0.488 e. The minimum Gasteiger partial charge on any atom is -0.465 e. The molecule has 0 bridgehead atoms. The molecule has 2 aromatic heterocycles. The number of halogens is 1. The van der Waals surface area contributed by atoms with Crippen LogP contribution in [0.15, 0.2) is 77.5 Å². The smallest absolute Gasteiger partial charge is 0.465 e. The molecule has 0 unspecified atom stereocenters. The second kappa shape index (κ2) is 17.1. The Morgan fingerprint density at radius 3 is 1.68 bits per heavy atom. The van der Waals surface area contributed by atoms with Crippen molar-refractivity contribution in [3.8, 4) is 11.1 Å². The summed E-state index contributed by atoms with van der Waals surface area (Å²) in [5.41, 5.74) is 7.37. The van der Waals surface area contributed by atoms with Gasteiger partial charge in [-0.3, -0.25) is 9.97 Å². The molecule has 216 valence electrons. The molecule has 41 heavy (non-hydrogen) atoms. The lowest BCUT2D eigenvalue weighted by atomic mass is 9.77. The Hall–Kier alpha value is -3.86. The van der Waals surface area contributed by atoms with Crippen LogP contribution >= 0.6 is 15.9 Å². The number of benzene rings is 2. The Morgan fingerprint density at radius 1 is 0.732 bits per heavy atom. The normalized spacial score (nSPS) is 9.59. The van der Waals surface area contributed by atoms with Gasteiger partial charge in [0.25, 0.3) is 0 Å². The van der Waals surface area contributed by atoms with Crippen molar-refractivity contribution in [2.45, 2.75) is 35.1 Å². The molecule has 4 rings (SSSR count). The Labute approximate surface area is 250 Å². The summed E-state index contributed by atoms with van der Waals surface area (Å²) in [6.07, 6.45) is 3.04. The molecule has 0 atom stereocenters. The minimum absolute atomic E-state index is 0. The van der Waals surface area contributed by atoms with Crippen molar-refractivity contribution < 1.29 is 29.1 Å². The third-order valence-electron chi connectivity index (χ3n) is 5.86. The van der Waals surface area contributed by atoms with E-state index in [1.54, 1.807) is 24.4 Å². The van der Waals surface area contributed by atoms with Crippen molar-refractivity contribution in [1.82, 2.24) is 9.97 Å². The highest BCUT2D eigenvalue weighted by Gasteiger charge is 2.12. The first kappa shape index (κ1) is 35.2. The molecular weight excluding hydrogens is 587 g/mol. The van der Waals surface area contributed by atoms with Crippen LogP contribution in [0.5, 0.6) is 0 Å². The van der Waals surface area contributed by atoms with E-state index in [0.717, 1.165) is 38.1 Å². The van der Waals surface area contributed by atoms with Crippen LogP contribution in [0.1, 0.15) is 50.7 Å². The van der Waals surface area contributed by atoms with Crippen molar-refractivity contribution >= 4 is 40.4 Å². The van der Waals surface area contributed by atoms with Gasteiger partial charge in [-0.25, -0.2) is 9.59 Å². The van der Waals surface area contributed by atoms with Crippen LogP contribution in [0.3, 0.4) is 0 Å². The summed E-state index contributed by atoms with van der Waals surface area (Å²) in [5.74, 6) is -0.736. The number of nitrogens with zero attached hydrogens (tertiary/aromatic N) is 2. The molecule has 2 aromatic carbocycles. The summed E-state index contributed by atoms with van der Waals surface area (Å²) in [4.78, 5) is 30.8. The molecule has 0 aliphatic heterocycles. The highest BCUT2D eigenvalue weighted by atomic mass is 79.9. The fourth-order valence-electron chi connectivity index (χ4n) is 3.52. The quantitative estimate of drug-likeness (QED) is 0.229. The maximum absolute atomic E-state index is 11.5. The monoisotopic (exact) mass is 622 g/mol. The van der Waals surface area contributed by atoms with Gasteiger partial charge in [-0.2, -0.15) is 0 Å². The lowest BCUT2D eigenvalue weighted by Crippen LogP contribution is -2.31. The van der Waals surface area contributed by atoms with Crippen LogP contribution in [0.25, 0.3) is 11.1 Å². The SMILES string of the molecule is C.COC(=O)c1cnc(C)c(-c2ccccc2C)c1.COC(=O)c1cnc(C)c(Br)c1.Cc1ccccc1B(O)O. The maximum atomic E-state index is 11.5. The third kappa shape index (κ3) is 10.2. The van der Waals surface area contributed by atoms with Crippen molar-refractivity contribution in [2.24, 2.45) is 0 Å². The first-order valence-electron chi connectivity index (χ1n) is 12.2. The van der Waals surface area contributed by atoms with Crippen molar-refractivity contribution in [3.63, 3.8) is 0 Å². The number of carbonyl (C=O) groups excluding carboxylic acids is 2. The first-order valence-corrected chi connectivity index (χ1v) is 13.0. The summed E-state index contributed by atoms with van der Waals surface area (Å²) in [6, 6.07) is 18.7. The summed E-state index contributed by atoms with van der Waals surface area (Å²) in [5, 5.41) is 17.5. The summed E-state index contributed by atoms with van der Waals surface area (Å²) in [6.45, 7) is 7.67. The fraction of sp³-hybridized carbons (Fsp3) is 0.226. The molecule has 0 spiro atoms. The Balaban J connectivity index is 0.000000320. The molecular formula is C31H36BBrN2O6. The highest BCUT2D eigenvalue weighted by molar-refractivity contribution is 9.10. The molecule has 0 saturated carbocycles. The van der Waals surface area contributed by atoms with E-state index in [1.165, 1.54) is 20.4 Å². The van der Waals surface area contributed by atoms with Gasteiger partial charge in [0.15, 0.2) is 0 Å². The zero-order chi connectivity index (χ0) is 29.8. The molecule has 0 radical (unpaired) electrons. The second-order valence-electron chi connectivity index (χ2n) is 8.68.